The van der Waals surface area contributed by atoms with Crippen LogP contribution in [-0.4, -0.2) is 10.1 Å². The SMILES string of the molecule is Oc1oc(-c2ccccc2)[n+]2c1-c1[nH]c3ccccc3c1CC2. The van der Waals surface area contributed by atoms with E-state index in [0.717, 1.165) is 35.4 Å². The predicted molar refractivity (Wildman–Crippen MR) is 87.0 cm³/mol. The van der Waals surface area contributed by atoms with Crippen LogP contribution < -0.4 is 4.57 Å². The van der Waals surface area contributed by atoms with Crippen LogP contribution in [0.25, 0.3) is 33.7 Å². The number of oxazole rings is 1. The number of aromatic hydroxyl groups is 1. The Labute approximate surface area is 132 Å². The van der Waals surface area contributed by atoms with Gasteiger partial charge in [-0.05, 0) is 23.8 Å². The first-order valence-electron chi connectivity index (χ1n) is 7.74. The summed E-state index contributed by atoms with van der Waals surface area (Å²) >= 11 is 0. The molecule has 2 N–H and O–H groups in total. The number of aromatic amines is 1. The van der Waals surface area contributed by atoms with Crippen molar-refractivity contribution in [3.63, 3.8) is 0 Å². The highest BCUT2D eigenvalue weighted by Crippen LogP contribution is 2.39. The number of aryl methyl sites for hydroxylation is 1. The van der Waals surface area contributed by atoms with E-state index in [4.69, 9.17) is 4.42 Å². The summed E-state index contributed by atoms with van der Waals surface area (Å²) in [5, 5.41) is 11.6. The molecule has 0 unspecified atom stereocenters. The Balaban J connectivity index is 1.79. The van der Waals surface area contributed by atoms with Gasteiger partial charge >= 0.3 is 17.5 Å². The number of H-pyrrole nitrogens is 1. The van der Waals surface area contributed by atoms with Crippen LogP contribution in [0.5, 0.6) is 5.95 Å². The van der Waals surface area contributed by atoms with Crippen LogP contribution in [0.4, 0.5) is 0 Å². The maximum Gasteiger partial charge on any atom is 0.384 e. The number of rotatable bonds is 1. The third-order valence-electron chi connectivity index (χ3n) is 4.57. The van der Waals surface area contributed by atoms with Gasteiger partial charge in [0.25, 0.3) is 0 Å². The molecule has 0 spiro atoms. The number of fused-ring (bicyclic) bond motifs is 5. The summed E-state index contributed by atoms with van der Waals surface area (Å²) in [7, 11) is 0. The Morgan fingerprint density at radius 3 is 2.65 bits per heavy atom. The number of benzene rings is 2. The van der Waals surface area contributed by atoms with E-state index in [1.807, 2.05) is 42.5 Å². The average Bonchev–Trinajstić information content (AvgIpc) is 3.13. The summed E-state index contributed by atoms with van der Waals surface area (Å²) in [5.41, 5.74) is 5.00. The molecule has 1 aliphatic heterocycles. The van der Waals surface area contributed by atoms with Crippen molar-refractivity contribution in [1.29, 1.82) is 0 Å². The Kier molecular flexibility index (Phi) is 2.45. The molecular weight excluding hydrogens is 288 g/mol. The molecular formula is C19H15N2O2+. The van der Waals surface area contributed by atoms with Gasteiger partial charge in [0, 0.05) is 17.3 Å². The van der Waals surface area contributed by atoms with E-state index in [0.29, 0.717) is 5.89 Å². The molecule has 4 nitrogen and oxygen atoms in total. The van der Waals surface area contributed by atoms with Crippen molar-refractivity contribution in [3.05, 3.63) is 60.2 Å². The van der Waals surface area contributed by atoms with Gasteiger partial charge < -0.3 is 14.5 Å². The molecule has 5 rings (SSSR count). The van der Waals surface area contributed by atoms with Crippen LogP contribution in [0.3, 0.4) is 0 Å². The Hall–Kier alpha value is -3.01. The standard InChI is InChI=1S/C19H14N2O2/c22-19-17-16-14(13-8-4-5-9-15(13)20-16)10-11-21(17)18(23-19)12-6-2-1-3-7-12/h1-9,20H,10-11H2/p+1. The second-order valence-electron chi connectivity index (χ2n) is 5.85. The second kappa shape index (κ2) is 4.49. The number of hydrogen-bond donors (Lipinski definition) is 2. The first kappa shape index (κ1) is 12.5. The quantitative estimate of drug-likeness (QED) is 0.527. The van der Waals surface area contributed by atoms with Crippen molar-refractivity contribution in [2.45, 2.75) is 13.0 Å². The topological polar surface area (TPSA) is 53.0 Å². The van der Waals surface area contributed by atoms with Gasteiger partial charge in [0.05, 0.1) is 5.56 Å². The van der Waals surface area contributed by atoms with Crippen molar-refractivity contribution >= 4 is 10.9 Å². The third kappa shape index (κ3) is 1.69. The van der Waals surface area contributed by atoms with Crippen LogP contribution in [0, 0.1) is 0 Å². The van der Waals surface area contributed by atoms with E-state index in [1.54, 1.807) is 0 Å². The van der Waals surface area contributed by atoms with Crippen LogP contribution in [-0.2, 0) is 13.0 Å². The number of hydrogen-bond acceptors (Lipinski definition) is 2. The summed E-state index contributed by atoms with van der Waals surface area (Å²) in [6.07, 6.45) is 0.913. The van der Waals surface area contributed by atoms with E-state index >= 15 is 0 Å². The summed E-state index contributed by atoms with van der Waals surface area (Å²) < 4.78 is 7.76. The lowest BCUT2D eigenvalue weighted by Gasteiger charge is -2.07. The summed E-state index contributed by atoms with van der Waals surface area (Å²) in [6, 6.07) is 18.1. The molecule has 0 fully saturated rings. The zero-order valence-electron chi connectivity index (χ0n) is 12.4. The van der Waals surface area contributed by atoms with E-state index in [-0.39, 0.29) is 5.95 Å². The third-order valence-corrected chi connectivity index (χ3v) is 4.57. The first-order valence-corrected chi connectivity index (χ1v) is 7.74. The molecule has 1 aliphatic rings. The molecule has 0 saturated carbocycles. The number of nitrogens with zero attached hydrogens (tertiary/aromatic N) is 1. The fourth-order valence-corrected chi connectivity index (χ4v) is 3.55. The fourth-order valence-electron chi connectivity index (χ4n) is 3.55. The van der Waals surface area contributed by atoms with Crippen LogP contribution in [0.15, 0.2) is 59.0 Å². The number of aromatic nitrogens is 2. The molecule has 0 radical (unpaired) electrons. The molecule has 0 aliphatic carbocycles. The minimum Gasteiger partial charge on any atom is -0.476 e. The summed E-state index contributed by atoms with van der Waals surface area (Å²) in [6.45, 7) is 0.790. The zero-order valence-corrected chi connectivity index (χ0v) is 12.4. The highest BCUT2D eigenvalue weighted by Gasteiger charge is 2.37. The van der Waals surface area contributed by atoms with Crippen molar-refractivity contribution in [1.82, 2.24) is 4.98 Å². The predicted octanol–water partition coefficient (Wildman–Crippen LogP) is 3.64. The smallest absolute Gasteiger partial charge is 0.384 e. The largest absolute Gasteiger partial charge is 0.476 e. The van der Waals surface area contributed by atoms with Gasteiger partial charge in [-0.25, -0.2) is 0 Å². The Morgan fingerprint density at radius 2 is 1.78 bits per heavy atom. The highest BCUT2D eigenvalue weighted by molar-refractivity contribution is 5.90. The maximum absolute atomic E-state index is 10.4. The molecule has 0 atom stereocenters. The van der Waals surface area contributed by atoms with E-state index in [2.05, 4.69) is 21.7 Å². The lowest BCUT2D eigenvalue weighted by molar-refractivity contribution is -0.679. The van der Waals surface area contributed by atoms with Gasteiger partial charge in [0.2, 0.25) is 0 Å². The molecule has 0 saturated heterocycles. The minimum absolute atomic E-state index is 0.0311. The van der Waals surface area contributed by atoms with E-state index in [1.165, 1.54) is 10.9 Å². The molecule has 4 heteroatoms. The molecule has 4 aromatic rings. The number of para-hydroxylation sites is 1. The van der Waals surface area contributed by atoms with Crippen LogP contribution >= 0.6 is 0 Å². The molecule has 23 heavy (non-hydrogen) atoms. The highest BCUT2D eigenvalue weighted by atomic mass is 16.5. The van der Waals surface area contributed by atoms with Gasteiger partial charge in [0.15, 0.2) is 6.54 Å². The number of nitrogens with one attached hydrogen (secondary N) is 1. The molecule has 2 aromatic heterocycles. The van der Waals surface area contributed by atoms with Crippen molar-refractivity contribution in [2.75, 3.05) is 0 Å². The van der Waals surface area contributed by atoms with Gasteiger partial charge in [-0.3, -0.25) is 0 Å². The lowest BCUT2D eigenvalue weighted by Crippen LogP contribution is -2.40. The van der Waals surface area contributed by atoms with Gasteiger partial charge in [-0.2, -0.15) is 4.57 Å². The van der Waals surface area contributed by atoms with E-state index < -0.39 is 0 Å². The van der Waals surface area contributed by atoms with Crippen molar-refractivity contribution in [2.24, 2.45) is 0 Å². The van der Waals surface area contributed by atoms with Gasteiger partial charge in [-0.15, -0.1) is 0 Å². The Bertz CT molecular complexity index is 1030. The van der Waals surface area contributed by atoms with E-state index in [9.17, 15) is 5.11 Å². The van der Waals surface area contributed by atoms with Crippen LogP contribution in [0.2, 0.25) is 0 Å². The van der Waals surface area contributed by atoms with Gasteiger partial charge in [0.1, 0.15) is 5.69 Å². The maximum atomic E-state index is 10.4. The summed E-state index contributed by atoms with van der Waals surface area (Å²) in [5.74, 6) is 0.666. The van der Waals surface area contributed by atoms with Crippen LogP contribution in [0.1, 0.15) is 5.56 Å². The Morgan fingerprint density at radius 1 is 1.00 bits per heavy atom. The monoisotopic (exact) mass is 303 g/mol. The summed E-state index contributed by atoms with van der Waals surface area (Å²) in [4.78, 5) is 3.44. The molecule has 2 aromatic carbocycles. The average molecular weight is 303 g/mol. The lowest BCUT2D eigenvalue weighted by atomic mass is 10.0. The molecule has 0 amide bonds. The first-order chi connectivity index (χ1) is 11.3. The minimum atomic E-state index is -0.0311. The second-order valence-corrected chi connectivity index (χ2v) is 5.85. The molecule has 112 valence electrons. The zero-order chi connectivity index (χ0) is 15.4. The van der Waals surface area contributed by atoms with Crippen molar-refractivity contribution in [3.8, 4) is 28.8 Å². The van der Waals surface area contributed by atoms with Crippen molar-refractivity contribution < 1.29 is 14.1 Å². The fraction of sp³-hybridized carbons (Fsp3) is 0.105. The molecule has 0 bridgehead atoms. The van der Waals surface area contributed by atoms with Gasteiger partial charge in [-0.1, -0.05) is 36.4 Å². The molecule has 3 heterocycles. The normalized spacial score (nSPS) is 13.0.